The van der Waals surface area contributed by atoms with E-state index in [-0.39, 0.29) is 0 Å². The Morgan fingerprint density at radius 1 is 0.333 bits per heavy atom. The Hall–Kier alpha value is -3.69. The van der Waals surface area contributed by atoms with Gasteiger partial charge in [-0.2, -0.15) is 0 Å². The van der Waals surface area contributed by atoms with Gasteiger partial charge in [-0.1, -0.05) is 0 Å². The van der Waals surface area contributed by atoms with E-state index in [0.29, 0.717) is 47.3 Å². The molecule has 2 aliphatic rings. The van der Waals surface area contributed by atoms with E-state index in [1.807, 2.05) is 0 Å². The molecule has 0 spiro atoms. The Morgan fingerprint density at radius 3 is 0.635 bits per heavy atom. The van der Waals surface area contributed by atoms with E-state index in [1.165, 1.54) is 78.9 Å². The van der Waals surface area contributed by atoms with Gasteiger partial charge in [-0.15, -0.1) is 0 Å². The molecule has 0 N–H and O–H groups in total. The third kappa shape index (κ3) is 9.95. The summed E-state index contributed by atoms with van der Waals surface area (Å²) in [6.45, 7) is 37.5. The number of rotatable bonds is 14. The molecular weight excluding hydrogens is 940 g/mol. The fourth-order valence-corrected chi connectivity index (χ4v) is 15.9. The SMILES string of the molecule is CC(C)c1cccc(C(C)C)c1N1C=CN(c2c(C(C)C)cccc2C(C)C)C1=[CH][Ge]([CH3])([I])[CH]=C1N(c2c(C(C)C)cccc2C(C)C)C=CN1c1c(C(C)C)cccc1C(C)C. The van der Waals surface area contributed by atoms with Crippen LogP contribution in [0, 0.1) is 0 Å². The van der Waals surface area contributed by atoms with Crippen LogP contribution in [0.3, 0.4) is 0 Å². The summed E-state index contributed by atoms with van der Waals surface area (Å²) in [4.78, 5) is 15.7. The van der Waals surface area contributed by atoms with Gasteiger partial charge in [0.05, 0.1) is 0 Å². The van der Waals surface area contributed by atoms with Crippen molar-refractivity contribution in [3.8, 4) is 0 Å². The van der Waals surface area contributed by atoms with Gasteiger partial charge in [-0.05, 0) is 0 Å². The second kappa shape index (κ2) is 19.8. The third-order valence-electron chi connectivity index (χ3n) is 12.9. The molecule has 2 aliphatic heterocycles. The number of hydrogen-bond acceptors (Lipinski definition) is 4. The number of benzene rings is 4. The van der Waals surface area contributed by atoms with Gasteiger partial charge in [0.25, 0.3) is 0 Å². The normalized spacial score (nSPS) is 14.7. The van der Waals surface area contributed by atoms with Crippen LogP contribution in [0.4, 0.5) is 22.7 Å². The summed E-state index contributed by atoms with van der Waals surface area (Å²) in [7, 11) is -3.20. The Balaban J connectivity index is 1.70. The molecule has 4 nitrogen and oxygen atoms in total. The molecule has 4 aromatic rings. The fourth-order valence-electron chi connectivity index (χ4n) is 9.55. The summed E-state index contributed by atoms with van der Waals surface area (Å²) in [5.74, 6) is 7.99. The van der Waals surface area contributed by atoms with Crippen molar-refractivity contribution in [3.05, 3.63) is 164 Å². The van der Waals surface area contributed by atoms with Gasteiger partial charge in [0.2, 0.25) is 0 Å². The second-order valence-electron chi connectivity index (χ2n) is 20.6. The summed E-state index contributed by atoms with van der Waals surface area (Å²) in [6, 6.07) is 27.9. The van der Waals surface area contributed by atoms with E-state index < -0.39 is 9.96 Å². The quantitative estimate of drug-likeness (QED) is 0.0922. The molecule has 336 valence electrons. The standard InChI is InChI=1S/C57H77GeIN4/c1-36(2)44-22-18-23-45(37(3)4)54(44)60-30-31-61(55-46(38(5)6)24-19-25-47(55)39(7)8)52(60)34-58(17,59)35-53-62(56-48(40(9)10)26-20-27-49(56)41(11)12)32-33-63(53)57-50(42(13)14)28-21-29-51(57)43(15)16/h18-43H,1-17H3. The Kier molecular flexibility index (Phi) is 15.3. The van der Waals surface area contributed by atoms with Crippen LogP contribution in [-0.2, 0) is 0 Å². The Labute approximate surface area is 397 Å². The van der Waals surface area contributed by atoms with Crippen molar-refractivity contribution in [1.82, 2.24) is 0 Å². The first kappa shape index (κ1) is 48.8. The van der Waals surface area contributed by atoms with Crippen molar-refractivity contribution in [2.45, 2.75) is 164 Å². The minimum absolute atomic E-state index is 0.366. The molecule has 0 aromatic heterocycles. The molecule has 6 rings (SSSR count). The average molecular weight is 1020 g/mol. The zero-order valence-corrected chi connectivity index (χ0v) is 45.9. The summed E-state index contributed by atoms with van der Waals surface area (Å²) in [6.07, 6.45) is 9.44. The van der Waals surface area contributed by atoms with Crippen LogP contribution in [0.1, 0.15) is 203 Å². The average Bonchev–Trinajstić information content (AvgIpc) is 3.81. The zero-order chi connectivity index (χ0) is 46.2. The van der Waals surface area contributed by atoms with Crippen molar-refractivity contribution < 1.29 is 0 Å². The molecule has 0 saturated carbocycles. The first-order chi connectivity index (χ1) is 29.7. The third-order valence-corrected chi connectivity index (χ3v) is 19.6. The van der Waals surface area contributed by atoms with Crippen molar-refractivity contribution in [2.24, 2.45) is 0 Å². The zero-order valence-electron chi connectivity index (χ0n) is 41.7. The number of halogens is 1. The van der Waals surface area contributed by atoms with E-state index in [0.717, 1.165) is 0 Å². The molecule has 0 atom stereocenters. The summed E-state index contributed by atoms with van der Waals surface area (Å²) in [5, 5.41) is 0. The van der Waals surface area contributed by atoms with Gasteiger partial charge < -0.3 is 0 Å². The van der Waals surface area contributed by atoms with Crippen LogP contribution in [-0.4, -0.2) is 9.96 Å². The second-order valence-corrected chi connectivity index (χ2v) is 38.7. The van der Waals surface area contributed by atoms with Gasteiger partial charge >= 0.3 is 400 Å². The number of nitrogens with zero attached hydrogens (tertiary/aromatic N) is 4. The molecule has 6 heteroatoms. The molecule has 0 radical (unpaired) electrons. The maximum absolute atomic E-state index is 3.20. The number of anilines is 4. The van der Waals surface area contributed by atoms with Crippen LogP contribution >= 0.6 is 20.2 Å². The van der Waals surface area contributed by atoms with E-state index in [9.17, 15) is 0 Å². The topological polar surface area (TPSA) is 13.0 Å². The first-order valence-electron chi connectivity index (χ1n) is 23.9. The summed E-state index contributed by atoms with van der Waals surface area (Å²) in [5.41, 5.74) is 16.4. The Morgan fingerprint density at radius 2 is 0.492 bits per heavy atom. The first-order valence-corrected chi connectivity index (χ1v) is 34.8. The number of para-hydroxylation sites is 4. The van der Waals surface area contributed by atoms with Crippen molar-refractivity contribution >= 4 is 52.9 Å². The molecular formula is C57H77GeIN4. The minimum atomic E-state index is -3.20. The van der Waals surface area contributed by atoms with Crippen molar-refractivity contribution in [2.75, 3.05) is 19.6 Å². The van der Waals surface area contributed by atoms with E-state index in [2.05, 4.69) is 264 Å². The predicted molar refractivity (Wildman–Crippen MR) is 288 cm³/mol. The monoisotopic (exact) mass is 1020 g/mol. The van der Waals surface area contributed by atoms with Gasteiger partial charge in [0.1, 0.15) is 0 Å². The van der Waals surface area contributed by atoms with Crippen LogP contribution in [0.25, 0.3) is 0 Å². The van der Waals surface area contributed by atoms with Crippen LogP contribution in [0.2, 0.25) is 5.76 Å². The van der Waals surface area contributed by atoms with Crippen LogP contribution in [0.5, 0.6) is 0 Å². The molecule has 0 fully saturated rings. The molecule has 0 bridgehead atoms. The molecule has 4 aromatic carbocycles. The van der Waals surface area contributed by atoms with E-state index >= 15 is 0 Å². The van der Waals surface area contributed by atoms with Crippen molar-refractivity contribution in [1.29, 1.82) is 0 Å². The van der Waals surface area contributed by atoms with Gasteiger partial charge in [0.15, 0.2) is 0 Å². The molecule has 2 heterocycles. The van der Waals surface area contributed by atoms with Gasteiger partial charge in [0, 0.05) is 0 Å². The van der Waals surface area contributed by atoms with Gasteiger partial charge in [-0.25, -0.2) is 0 Å². The molecule has 0 unspecified atom stereocenters. The fraction of sp³-hybridized carbons (Fsp3) is 0.439. The molecule has 0 saturated heterocycles. The molecule has 0 amide bonds. The van der Waals surface area contributed by atoms with Crippen LogP contribution in [0.15, 0.2) is 119 Å². The molecule has 63 heavy (non-hydrogen) atoms. The van der Waals surface area contributed by atoms with E-state index in [1.54, 1.807) is 0 Å². The summed E-state index contributed by atoms with van der Waals surface area (Å²) < 4.78 is 0. The summed E-state index contributed by atoms with van der Waals surface area (Å²) >= 11 is 2.92. The molecule has 0 aliphatic carbocycles. The van der Waals surface area contributed by atoms with Crippen molar-refractivity contribution in [3.63, 3.8) is 0 Å². The number of hydrogen-bond donors (Lipinski definition) is 0. The Bertz CT molecular complexity index is 1970. The predicted octanol–water partition coefficient (Wildman–Crippen LogP) is 17.7. The van der Waals surface area contributed by atoms with E-state index in [4.69, 9.17) is 0 Å². The maximum atomic E-state index is 2.92. The van der Waals surface area contributed by atoms with Crippen LogP contribution < -0.4 is 19.6 Å². The van der Waals surface area contributed by atoms with Gasteiger partial charge in [-0.3, -0.25) is 0 Å².